The zero-order valence-corrected chi connectivity index (χ0v) is 13.1. The van der Waals surface area contributed by atoms with Crippen LogP contribution in [0, 0.1) is 5.92 Å². The van der Waals surface area contributed by atoms with Crippen molar-refractivity contribution in [3.05, 3.63) is 28.8 Å². The largest absolute Gasteiger partial charge is 0.495 e. The van der Waals surface area contributed by atoms with Crippen molar-refractivity contribution in [1.29, 1.82) is 0 Å². The zero-order valence-electron chi connectivity index (χ0n) is 12.3. The maximum absolute atomic E-state index is 12.1. The lowest BCUT2D eigenvalue weighted by molar-refractivity contribution is 0.0435. The van der Waals surface area contributed by atoms with E-state index in [4.69, 9.17) is 16.3 Å². The Hall–Kier alpha value is -1.46. The number of β-amino-alcohol motifs (C(OH)–C–C–N with tert-alkyl or cyclic N) is 1. The summed E-state index contributed by atoms with van der Waals surface area (Å²) in [5.74, 6) is 0.856. The van der Waals surface area contributed by atoms with Crippen molar-refractivity contribution in [2.24, 2.45) is 5.92 Å². The predicted octanol–water partition coefficient (Wildman–Crippen LogP) is 2.26. The number of benzene rings is 1. The Kier molecular flexibility index (Phi) is 5.31. The van der Waals surface area contributed by atoms with Crippen LogP contribution >= 0.6 is 11.6 Å². The molecule has 0 aromatic heterocycles. The smallest absolute Gasteiger partial charge is 0.317 e. The van der Waals surface area contributed by atoms with Gasteiger partial charge in [0, 0.05) is 19.6 Å². The van der Waals surface area contributed by atoms with Gasteiger partial charge in [0.2, 0.25) is 0 Å². The Balaban J connectivity index is 1.88. The van der Waals surface area contributed by atoms with Gasteiger partial charge in [0.15, 0.2) is 0 Å². The molecule has 5 nitrogen and oxygen atoms in total. The van der Waals surface area contributed by atoms with Gasteiger partial charge < -0.3 is 20.1 Å². The van der Waals surface area contributed by atoms with Gasteiger partial charge in [-0.1, -0.05) is 24.6 Å². The van der Waals surface area contributed by atoms with E-state index in [-0.39, 0.29) is 11.9 Å². The lowest BCUT2D eigenvalue weighted by atomic mass is 9.96. The molecular formula is C15H21ClN2O3. The molecule has 0 aliphatic carbocycles. The van der Waals surface area contributed by atoms with Crippen LogP contribution < -0.4 is 10.1 Å². The fourth-order valence-corrected chi connectivity index (χ4v) is 2.62. The molecule has 0 radical (unpaired) electrons. The molecule has 1 heterocycles. The molecule has 1 aliphatic heterocycles. The molecule has 2 amide bonds. The first-order chi connectivity index (χ1) is 10.0. The average Bonchev–Trinajstić information content (AvgIpc) is 2.47. The van der Waals surface area contributed by atoms with Crippen molar-refractivity contribution in [3.63, 3.8) is 0 Å². The van der Waals surface area contributed by atoms with E-state index in [1.165, 1.54) is 0 Å². The van der Waals surface area contributed by atoms with E-state index in [1.54, 1.807) is 24.1 Å². The fraction of sp³-hybridized carbons (Fsp3) is 0.533. The summed E-state index contributed by atoms with van der Waals surface area (Å²) in [5, 5.41) is 13.2. The molecule has 0 saturated carbocycles. The van der Waals surface area contributed by atoms with Gasteiger partial charge >= 0.3 is 6.03 Å². The number of methoxy groups -OCH3 is 1. The Labute approximate surface area is 129 Å². The number of aliphatic hydroxyl groups excluding tert-OH is 1. The Bertz CT molecular complexity index is 510. The first kappa shape index (κ1) is 15.9. The number of urea groups is 1. The summed E-state index contributed by atoms with van der Waals surface area (Å²) >= 11 is 6.05. The van der Waals surface area contributed by atoms with Crippen molar-refractivity contribution >= 4 is 17.6 Å². The number of carbonyl (C=O) groups is 1. The molecule has 2 rings (SSSR count). The van der Waals surface area contributed by atoms with E-state index in [0.717, 1.165) is 12.0 Å². The number of ether oxygens (including phenoxy) is 1. The highest BCUT2D eigenvalue weighted by Crippen LogP contribution is 2.24. The van der Waals surface area contributed by atoms with E-state index < -0.39 is 6.10 Å². The monoisotopic (exact) mass is 312 g/mol. The highest BCUT2D eigenvalue weighted by Gasteiger charge is 2.27. The quantitative estimate of drug-likeness (QED) is 0.900. The number of hydrogen-bond donors (Lipinski definition) is 2. The van der Waals surface area contributed by atoms with E-state index in [1.807, 2.05) is 13.0 Å². The minimum atomic E-state index is -0.445. The Morgan fingerprint density at radius 3 is 2.95 bits per heavy atom. The highest BCUT2D eigenvalue weighted by molar-refractivity contribution is 6.32. The average molecular weight is 313 g/mol. The van der Waals surface area contributed by atoms with Gasteiger partial charge in [-0.05, 0) is 30.0 Å². The summed E-state index contributed by atoms with van der Waals surface area (Å²) in [4.78, 5) is 13.7. The second kappa shape index (κ2) is 7.00. The van der Waals surface area contributed by atoms with Crippen molar-refractivity contribution in [1.82, 2.24) is 10.2 Å². The molecular weight excluding hydrogens is 292 g/mol. The molecule has 1 aliphatic rings. The van der Waals surface area contributed by atoms with Gasteiger partial charge in [0.05, 0.1) is 18.2 Å². The molecule has 1 saturated heterocycles. The zero-order chi connectivity index (χ0) is 15.4. The van der Waals surface area contributed by atoms with E-state index in [9.17, 15) is 9.90 Å². The predicted molar refractivity (Wildman–Crippen MR) is 81.6 cm³/mol. The molecule has 1 aromatic rings. The molecule has 1 aromatic carbocycles. The summed E-state index contributed by atoms with van der Waals surface area (Å²) in [6, 6.07) is 5.25. The van der Waals surface area contributed by atoms with E-state index >= 15 is 0 Å². The van der Waals surface area contributed by atoms with Gasteiger partial charge in [-0.3, -0.25) is 0 Å². The molecule has 2 unspecified atom stereocenters. The van der Waals surface area contributed by atoms with Crippen molar-refractivity contribution in [3.8, 4) is 5.75 Å². The van der Waals surface area contributed by atoms with Crippen LogP contribution in [0.2, 0.25) is 5.02 Å². The minimum Gasteiger partial charge on any atom is -0.495 e. The molecule has 2 N–H and O–H groups in total. The second-order valence-corrected chi connectivity index (χ2v) is 5.81. The molecule has 1 fully saturated rings. The first-order valence-corrected chi connectivity index (χ1v) is 7.42. The SMILES string of the molecule is COc1ccc(CNC(=O)N2CCC(C)C(O)C2)cc1Cl. The summed E-state index contributed by atoms with van der Waals surface area (Å²) in [6.45, 7) is 3.45. The fourth-order valence-electron chi connectivity index (χ4n) is 2.34. The van der Waals surface area contributed by atoms with Crippen LogP contribution in [-0.2, 0) is 6.54 Å². The number of nitrogens with one attached hydrogen (secondary N) is 1. The standard InChI is InChI=1S/C15H21ClN2O3/c1-10-5-6-18(9-13(10)19)15(20)17-8-11-3-4-14(21-2)12(16)7-11/h3-4,7,10,13,19H,5-6,8-9H2,1-2H3,(H,17,20). The molecule has 6 heteroatoms. The molecule has 116 valence electrons. The van der Waals surface area contributed by atoms with Crippen molar-refractivity contribution < 1.29 is 14.6 Å². The highest BCUT2D eigenvalue weighted by atomic mass is 35.5. The lowest BCUT2D eigenvalue weighted by Crippen LogP contribution is -2.49. The van der Waals surface area contributed by atoms with Crippen LogP contribution in [0.15, 0.2) is 18.2 Å². The number of amides is 2. The first-order valence-electron chi connectivity index (χ1n) is 7.04. The summed E-state index contributed by atoms with van der Waals surface area (Å²) in [7, 11) is 1.56. The number of nitrogens with zero attached hydrogens (tertiary/aromatic N) is 1. The van der Waals surface area contributed by atoms with E-state index in [0.29, 0.717) is 30.4 Å². The van der Waals surface area contributed by atoms with Crippen molar-refractivity contribution in [2.75, 3.05) is 20.2 Å². The third kappa shape index (κ3) is 4.02. The van der Waals surface area contributed by atoms with Crippen LogP contribution in [0.1, 0.15) is 18.9 Å². The topological polar surface area (TPSA) is 61.8 Å². The molecule has 2 atom stereocenters. The maximum atomic E-state index is 12.1. The van der Waals surface area contributed by atoms with Crippen LogP contribution in [0.3, 0.4) is 0 Å². The van der Waals surface area contributed by atoms with Crippen LogP contribution in [0.4, 0.5) is 4.79 Å². The maximum Gasteiger partial charge on any atom is 0.317 e. The number of piperidine rings is 1. The number of hydrogen-bond acceptors (Lipinski definition) is 3. The summed E-state index contributed by atoms with van der Waals surface area (Å²) in [5.41, 5.74) is 0.903. The molecule has 0 spiro atoms. The van der Waals surface area contributed by atoms with Crippen LogP contribution in [0.25, 0.3) is 0 Å². The number of halogens is 1. The van der Waals surface area contributed by atoms with Crippen LogP contribution in [0.5, 0.6) is 5.75 Å². The molecule has 0 bridgehead atoms. The summed E-state index contributed by atoms with van der Waals surface area (Å²) < 4.78 is 5.09. The lowest BCUT2D eigenvalue weighted by Gasteiger charge is -2.34. The van der Waals surface area contributed by atoms with Gasteiger partial charge in [-0.15, -0.1) is 0 Å². The van der Waals surface area contributed by atoms with Gasteiger partial charge in [-0.25, -0.2) is 4.79 Å². The van der Waals surface area contributed by atoms with Gasteiger partial charge in [0.25, 0.3) is 0 Å². The number of rotatable bonds is 3. The second-order valence-electron chi connectivity index (χ2n) is 5.41. The minimum absolute atomic E-state index is 0.159. The Morgan fingerprint density at radius 2 is 2.33 bits per heavy atom. The van der Waals surface area contributed by atoms with Crippen LogP contribution in [-0.4, -0.2) is 42.3 Å². The third-order valence-electron chi connectivity index (χ3n) is 3.87. The number of aliphatic hydroxyl groups is 1. The summed E-state index contributed by atoms with van der Waals surface area (Å²) in [6.07, 6.45) is 0.378. The molecule has 21 heavy (non-hydrogen) atoms. The number of likely N-dealkylation sites (tertiary alicyclic amines) is 1. The van der Waals surface area contributed by atoms with E-state index in [2.05, 4.69) is 5.32 Å². The van der Waals surface area contributed by atoms with Gasteiger partial charge in [-0.2, -0.15) is 0 Å². The third-order valence-corrected chi connectivity index (χ3v) is 4.16. The Morgan fingerprint density at radius 1 is 1.57 bits per heavy atom. The normalized spacial score (nSPS) is 22.0. The number of carbonyl (C=O) groups excluding carboxylic acids is 1. The van der Waals surface area contributed by atoms with Gasteiger partial charge in [0.1, 0.15) is 5.75 Å². The van der Waals surface area contributed by atoms with Crippen molar-refractivity contribution in [2.45, 2.75) is 26.0 Å².